The minimum Gasteiger partial charge on any atom is -0.465 e. The fourth-order valence-electron chi connectivity index (χ4n) is 1.78. The number of aryl methyl sites for hydroxylation is 1. The first kappa shape index (κ1) is 9.64. The molecule has 0 saturated carbocycles. The van der Waals surface area contributed by atoms with Gasteiger partial charge in [0.15, 0.2) is 9.76 Å². The second-order valence-electron chi connectivity index (χ2n) is 3.52. The van der Waals surface area contributed by atoms with Crippen molar-refractivity contribution in [1.82, 2.24) is 0 Å². The third-order valence-electron chi connectivity index (χ3n) is 2.56. The van der Waals surface area contributed by atoms with Crippen LogP contribution in [0.4, 0.5) is 0 Å². The summed E-state index contributed by atoms with van der Waals surface area (Å²) in [5.41, 5.74) is 1.38. The van der Waals surface area contributed by atoms with Crippen LogP contribution >= 0.6 is 0 Å². The van der Waals surface area contributed by atoms with Gasteiger partial charge in [0.05, 0.1) is 0 Å². The Kier molecular flexibility index (Phi) is 2.81. The van der Waals surface area contributed by atoms with Crippen molar-refractivity contribution in [3.05, 3.63) is 42.0 Å². The molecule has 0 aliphatic rings. The molecule has 0 aliphatic heterocycles. The van der Waals surface area contributed by atoms with E-state index >= 15 is 0 Å². The van der Waals surface area contributed by atoms with Crippen molar-refractivity contribution in [2.24, 2.45) is 0 Å². The standard InChI is InChI=1S/C11H14OSi2/c1-8-6-7-9-4-2-3-5-10(9)11(8)14-12-13/h2-7H,14H2,1,13H3. The van der Waals surface area contributed by atoms with E-state index < -0.39 is 9.76 Å². The van der Waals surface area contributed by atoms with Crippen LogP contribution in [0.15, 0.2) is 36.4 Å². The lowest BCUT2D eigenvalue weighted by Crippen LogP contribution is -2.20. The van der Waals surface area contributed by atoms with Gasteiger partial charge in [0.25, 0.3) is 0 Å². The van der Waals surface area contributed by atoms with Crippen LogP contribution in [0.2, 0.25) is 0 Å². The highest BCUT2D eigenvalue weighted by molar-refractivity contribution is 6.55. The summed E-state index contributed by atoms with van der Waals surface area (Å²) in [5, 5.41) is 4.19. The van der Waals surface area contributed by atoms with E-state index in [9.17, 15) is 0 Å². The smallest absolute Gasteiger partial charge is 0.178 e. The van der Waals surface area contributed by atoms with Crippen molar-refractivity contribution >= 4 is 36.2 Å². The van der Waals surface area contributed by atoms with Crippen LogP contribution in [-0.2, 0) is 4.12 Å². The third-order valence-corrected chi connectivity index (χ3v) is 4.95. The van der Waals surface area contributed by atoms with E-state index in [4.69, 9.17) is 4.12 Å². The van der Waals surface area contributed by atoms with Crippen LogP contribution in [0, 0.1) is 6.92 Å². The molecular weight excluding hydrogens is 204 g/mol. The second kappa shape index (κ2) is 4.08. The van der Waals surface area contributed by atoms with Crippen LogP contribution in [0.3, 0.4) is 0 Å². The average Bonchev–Trinajstić information content (AvgIpc) is 2.23. The van der Waals surface area contributed by atoms with Gasteiger partial charge in [-0.15, -0.1) is 0 Å². The number of hydrogen-bond donors (Lipinski definition) is 0. The predicted molar refractivity (Wildman–Crippen MR) is 67.9 cm³/mol. The first-order valence-electron chi connectivity index (χ1n) is 4.79. The molecule has 2 rings (SSSR count). The molecule has 0 spiro atoms. The molecule has 0 aliphatic carbocycles. The Morgan fingerprint density at radius 1 is 1.14 bits per heavy atom. The molecule has 0 saturated heterocycles. The Bertz CT molecular complexity index is 454. The fourth-order valence-corrected chi connectivity index (χ4v) is 3.76. The Morgan fingerprint density at radius 2 is 1.93 bits per heavy atom. The zero-order chi connectivity index (χ0) is 9.97. The third kappa shape index (κ3) is 1.66. The van der Waals surface area contributed by atoms with Gasteiger partial charge in [0.2, 0.25) is 0 Å². The normalized spacial score (nSPS) is 11.8. The molecule has 0 N–H and O–H groups in total. The van der Waals surface area contributed by atoms with Gasteiger partial charge in [-0.25, -0.2) is 0 Å². The summed E-state index contributed by atoms with van der Waals surface area (Å²) in [6.07, 6.45) is 0. The Labute approximate surface area is 89.6 Å². The minimum absolute atomic E-state index is 0.490. The Balaban J connectivity index is 2.69. The fraction of sp³-hybridized carbons (Fsp3) is 0.0909. The topological polar surface area (TPSA) is 9.23 Å². The summed E-state index contributed by atoms with van der Waals surface area (Å²) in [6, 6.07) is 12.9. The van der Waals surface area contributed by atoms with Gasteiger partial charge in [-0.1, -0.05) is 36.4 Å². The van der Waals surface area contributed by atoms with Crippen LogP contribution < -0.4 is 5.19 Å². The second-order valence-corrected chi connectivity index (χ2v) is 6.82. The average molecular weight is 218 g/mol. The van der Waals surface area contributed by atoms with E-state index in [1.807, 2.05) is 0 Å². The minimum atomic E-state index is -0.490. The highest BCUT2D eigenvalue weighted by atomic mass is 28.3. The maximum Gasteiger partial charge on any atom is 0.178 e. The van der Waals surface area contributed by atoms with Crippen LogP contribution in [-0.4, -0.2) is 20.2 Å². The molecule has 2 aromatic carbocycles. The van der Waals surface area contributed by atoms with E-state index in [2.05, 4.69) is 43.3 Å². The van der Waals surface area contributed by atoms with E-state index in [-0.39, 0.29) is 0 Å². The molecule has 2 aromatic rings. The van der Waals surface area contributed by atoms with Gasteiger partial charge in [-0.3, -0.25) is 0 Å². The molecule has 0 heterocycles. The molecule has 0 fully saturated rings. The first-order valence-corrected chi connectivity index (χ1v) is 6.89. The van der Waals surface area contributed by atoms with Gasteiger partial charge in [-0.05, 0) is 28.4 Å². The maximum absolute atomic E-state index is 5.49. The highest BCUT2D eigenvalue weighted by Gasteiger charge is 2.03. The van der Waals surface area contributed by atoms with E-state index in [0.717, 1.165) is 10.5 Å². The molecular formula is C11H14OSi2. The molecule has 0 aromatic heterocycles. The first-order chi connectivity index (χ1) is 6.83. The number of hydrogen-bond acceptors (Lipinski definition) is 1. The lowest BCUT2D eigenvalue weighted by atomic mass is 10.1. The Morgan fingerprint density at radius 3 is 2.71 bits per heavy atom. The van der Waals surface area contributed by atoms with E-state index in [0.29, 0.717) is 0 Å². The molecule has 0 radical (unpaired) electrons. The summed E-state index contributed by atoms with van der Waals surface area (Å²) >= 11 is 0. The summed E-state index contributed by atoms with van der Waals surface area (Å²) < 4.78 is 5.49. The molecule has 0 bridgehead atoms. The predicted octanol–water partition coefficient (Wildman–Crippen LogP) is 0.154. The van der Waals surface area contributed by atoms with Gasteiger partial charge in [0.1, 0.15) is 10.5 Å². The van der Waals surface area contributed by atoms with Crippen molar-refractivity contribution in [3.63, 3.8) is 0 Å². The molecule has 3 heteroatoms. The molecule has 14 heavy (non-hydrogen) atoms. The largest absolute Gasteiger partial charge is 0.465 e. The monoisotopic (exact) mass is 218 g/mol. The lowest BCUT2D eigenvalue weighted by molar-refractivity contribution is 0.676. The number of benzene rings is 2. The quantitative estimate of drug-likeness (QED) is 0.652. The van der Waals surface area contributed by atoms with Gasteiger partial charge >= 0.3 is 0 Å². The molecule has 0 amide bonds. The number of fused-ring (bicyclic) bond motifs is 1. The van der Waals surface area contributed by atoms with Gasteiger partial charge in [0, 0.05) is 0 Å². The summed E-state index contributed by atoms with van der Waals surface area (Å²) in [7, 11) is 0.369. The van der Waals surface area contributed by atoms with Gasteiger partial charge < -0.3 is 4.12 Å². The van der Waals surface area contributed by atoms with Crippen LogP contribution in [0.1, 0.15) is 5.56 Å². The summed E-state index contributed by atoms with van der Waals surface area (Å²) in [5.74, 6) is 0. The Hall–Kier alpha value is -0.906. The van der Waals surface area contributed by atoms with E-state index in [1.54, 1.807) is 0 Å². The van der Waals surface area contributed by atoms with Crippen molar-refractivity contribution in [3.8, 4) is 0 Å². The maximum atomic E-state index is 5.49. The van der Waals surface area contributed by atoms with Crippen molar-refractivity contribution in [2.45, 2.75) is 6.92 Å². The molecule has 1 nitrogen and oxygen atoms in total. The SMILES string of the molecule is Cc1ccc2ccccc2c1[SiH2]O[SiH3]. The number of rotatable bonds is 2. The van der Waals surface area contributed by atoms with Crippen molar-refractivity contribution in [2.75, 3.05) is 0 Å². The zero-order valence-corrected chi connectivity index (χ0v) is 12.0. The van der Waals surface area contributed by atoms with E-state index in [1.165, 1.54) is 21.5 Å². The van der Waals surface area contributed by atoms with Crippen LogP contribution in [0.5, 0.6) is 0 Å². The zero-order valence-electron chi connectivity index (χ0n) is 8.58. The van der Waals surface area contributed by atoms with Gasteiger partial charge in [-0.2, -0.15) is 0 Å². The van der Waals surface area contributed by atoms with Crippen LogP contribution in [0.25, 0.3) is 10.8 Å². The molecule has 72 valence electrons. The van der Waals surface area contributed by atoms with Crippen molar-refractivity contribution in [1.29, 1.82) is 0 Å². The lowest BCUT2D eigenvalue weighted by Gasteiger charge is -2.08. The summed E-state index contributed by atoms with van der Waals surface area (Å²) in [6.45, 7) is 2.18. The molecule has 0 unspecified atom stereocenters. The highest BCUT2D eigenvalue weighted by Crippen LogP contribution is 2.12. The molecule has 0 atom stereocenters. The summed E-state index contributed by atoms with van der Waals surface area (Å²) in [4.78, 5) is 0. The van der Waals surface area contributed by atoms with Crippen molar-refractivity contribution < 1.29 is 4.12 Å².